The van der Waals surface area contributed by atoms with Gasteiger partial charge in [-0.05, 0) is 42.5 Å². The zero-order valence-electron chi connectivity index (χ0n) is 12.4. The minimum absolute atomic E-state index is 0.124. The summed E-state index contributed by atoms with van der Waals surface area (Å²) in [5.74, 6) is 2.11. The van der Waals surface area contributed by atoms with Crippen molar-refractivity contribution in [2.75, 3.05) is 19.7 Å². The molecule has 0 radical (unpaired) electrons. The number of ether oxygens (including phenoxy) is 1. The molecule has 1 aromatic rings. The van der Waals surface area contributed by atoms with Crippen LogP contribution in [0.1, 0.15) is 25.8 Å². The van der Waals surface area contributed by atoms with Crippen LogP contribution in [-0.2, 0) is 4.79 Å². The Morgan fingerprint density at radius 3 is 2.71 bits per heavy atom. The first kappa shape index (κ1) is 14.6. The van der Waals surface area contributed by atoms with Crippen molar-refractivity contribution >= 4 is 27.9 Å². The highest BCUT2D eigenvalue weighted by molar-refractivity contribution is 9.10. The van der Waals surface area contributed by atoms with E-state index in [0.29, 0.717) is 18.4 Å². The van der Waals surface area contributed by atoms with E-state index in [-0.39, 0.29) is 5.91 Å². The number of benzene rings is 1. The number of fused-ring (bicyclic) bond motifs is 1. The van der Waals surface area contributed by atoms with Gasteiger partial charge in [0.25, 0.3) is 5.91 Å². The third-order valence-corrected chi connectivity index (χ3v) is 4.61. The summed E-state index contributed by atoms with van der Waals surface area (Å²) in [6.07, 6.45) is 3.17. The lowest BCUT2D eigenvalue weighted by Gasteiger charge is -2.35. The predicted molar refractivity (Wildman–Crippen MR) is 87.1 cm³/mol. The van der Waals surface area contributed by atoms with E-state index < -0.39 is 0 Å². The molecule has 0 saturated carbocycles. The third kappa shape index (κ3) is 3.15. The smallest absolute Gasteiger partial charge is 0.253 e. The van der Waals surface area contributed by atoms with Crippen molar-refractivity contribution in [2.24, 2.45) is 11.8 Å². The highest BCUT2D eigenvalue weighted by Gasteiger charge is 2.28. The number of halogens is 1. The topological polar surface area (TPSA) is 29.5 Å². The molecule has 4 heteroatoms. The van der Waals surface area contributed by atoms with E-state index in [4.69, 9.17) is 4.74 Å². The minimum Gasteiger partial charge on any atom is -0.488 e. The van der Waals surface area contributed by atoms with Crippen molar-refractivity contribution in [3.63, 3.8) is 0 Å². The summed E-state index contributed by atoms with van der Waals surface area (Å²) in [4.78, 5) is 14.7. The quantitative estimate of drug-likeness (QED) is 0.772. The maximum atomic E-state index is 12.7. The summed E-state index contributed by atoms with van der Waals surface area (Å²) < 4.78 is 6.72. The summed E-state index contributed by atoms with van der Waals surface area (Å²) in [5.41, 5.74) is 1.72. The minimum atomic E-state index is 0.124. The molecule has 0 N–H and O–H groups in total. The number of amides is 1. The molecule has 2 heterocycles. The van der Waals surface area contributed by atoms with E-state index in [2.05, 4.69) is 29.8 Å². The average molecular weight is 350 g/mol. The maximum Gasteiger partial charge on any atom is 0.253 e. The molecule has 2 aliphatic rings. The van der Waals surface area contributed by atoms with Crippen LogP contribution >= 0.6 is 15.9 Å². The number of rotatable bonds is 1. The number of piperidine rings is 1. The van der Waals surface area contributed by atoms with Crippen LogP contribution in [-0.4, -0.2) is 30.5 Å². The van der Waals surface area contributed by atoms with Crippen LogP contribution in [0.15, 0.2) is 28.2 Å². The molecule has 0 bridgehead atoms. The van der Waals surface area contributed by atoms with Gasteiger partial charge in [-0.2, -0.15) is 0 Å². The van der Waals surface area contributed by atoms with Crippen molar-refractivity contribution in [2.45, 2.75) is 20.3 Å². The molecule has 1 amide bonds. The van der Waals surface area contributed by atoms with Crippen LogP contribution in [0.2, 0.25) is 0 Å². The van der Waals surface area contributed by atoms with E-state index in [1.54, 1.807) is 0 Å². The highest BCUT2D eigenvalue weighted by atomic mass is 79.9. The van der Waals surface area contributed by atoms with Gasteiger partial charge in [-0.15, -0.1) is 0 Å². The molecule has 0 aromatic heterocycles. The largest absolute Gasteiger partial charge is 0.488 e. The Kier molecular flexibility index (Phi) is 4.07. The fourth-order valence-electron chi connectivity index (χ4n) is 3.30. The molecule has 2 aliphatic heterocycles. The van der Waals surface area contributed by atoms with Gasteiger partial charge in [0.05, 0.1) is 5.57 Å². The van der Waals surface area contributed by atoms with Crippen LogP contribution < -0.4 is 4.74 Å². The molecule has 2 atom stereocenters. The molecule has 0 aliphatic carbocycles. The first-order valence-electron chi connectivity index (χ1n) is 7.45. The summed E-state index contributed by atoms with van der Waals surface area (Å²) in [6, 6.07) is 5.87. The lowest BCUT2D eigenvalue weighted by atomic mass is 9.91. The third-order valence-electron chi connectivity index (χ3n) is 4.12. The molecule has 1 fully saturated rings. The monoisotopic (exact) mass is 349 g/mol. The Balaban J connectivity index is 1.82. The number of hydrogen-bond acceptors (Lipinski definition) is 2. The molecule has 1 saturated heterocycles. The highest BCUT2D eigenvalue weighted by Crippen LogP contribution is 2.30. The molecule has 0 spiro atoms. The Bertz CT molecular complexity index is 586. The van der Waals surface area contributed by atoms with Gasteiger partial charge in [-0.25, -0.2) is 0 Å². The summed E-state index contributed by atoms with van der Waals surface area (Å²) in [7, 11) is 0. The van der Waals surface area contributed by atoms with Crippen LogP contribution in [0.25, 0.3) is 6.08 Å². The van der Waals surface area contributed by atoms with Gasteiger partial charge in [0.15, 0.2) is 0 Å². The average Bonchev–Trinajstić information content (AvgIpc) is 2.44. The van der Waals surface area contributed by atoms with Gasteiger partial charge in [0, 0.05) is 23.1 Å². The first-order chi connectivity index (χ1) is 10.0. The van der Waals surface area contributed by atoms with E-state index >= 15 is 0 Å². The van der Waals surface area contributed by atoms with Gasteiger partial charge in [-0.3, -0.25) is 4.79 Å². The molecule has 1 aromatic carbocycles. The van der Waals surface area contributed by atoms with Crippen molar-refractivity contribution in [3.05, 3.63) is 33.8 Å². The predicted octanol–water partition coefficient (Wildman–Crippen LogP) is 3.73. The van der Waals surface area contributed by atoms with Crippen molar-refractivity contribution < 1.29 is 9.53 Å². The molecule has 0 unspecified atom stereocenters. The molecular formula is C17H20BrNO2. The normalized spacial score (nSPS) is 24.9. The van der Waals surface area contributed by atoms with Gasteiger partial charge in [0.1, 0.15) is 12.4 Å². The summed E-state index contributed by atoms with van der Waals surface area (Å²) in [6.45, 7) is 6.51. The Morgan fingerprint density at radius 1 is 1.29 bits per heavy atom. The number of hydrogen-bond donors (Lipinski definition) is 0. The van der Waals surface area contributed by atoms with Gasteiger partial charge < -0.3 is 9.64 Å². The second kappa shape index (κ2) is 5.84. The number of nitrogens with zero attached hydrogens (tertiary/aromatic N) is 1. The van der Waals surface area contributed by atoms with Crippen LogP contribution in [0, 0.1) is 11.8 Å². The summed E-state index contributed by atoms with van der Waals surface area (Å²) >= 11 is 3.46. The standard InChI is InChI=1S/C17H20BrNO2/c1-11-5-12(2)9-19(8-11)17(20)14-6-13-7-15(18)3-4-16(13)21-10-14/h3-4,6-7,11-12H,5,8-10H2,1-2H3/t11-,12-/m1/s1. The molecule has 3 nitrogen and oxygen atoms in total. The maximum absolute atomic E-state index is 12.7. The van der Waals surface area contributed by atoms with Gasteiger partial charge >= 0.3 is 0 Å². The lowest BCUT2D eigenvalue weighted by Crippen LogP contribution is -2.44. The number of likely N-dealkylation sites (tertiary alicyclic amines) is 1. The van der Waals surface area contributed by atoms with Crippen molar-refractivity contribution in [1.82, 2.24) is 4.90 Å². The van der Waals surface area contributed by atoms with Crippen LogP contribution in [0.4, 0.5) is 0 Å². The molecule has 3 rings (SSSR count). The van der Waals surface area contributed by atoms with E-state index in [1.807, 2.05) is 29.2 Å². The number of carbonyl (C=O) groups is 1. The fraction of sp³-hybridized carbons (Fsp3) is 0.471. The van der Waals surface area contributed by atoms with Crippen LogP contribution in [0.5, 0.6) is 5.75 Å². The summed E-state index contributed by atoms with van der Waals surface area (Å²) in [5, 5.41) is 0. The SMILES string of the molecule is C[C@@H]1C[C@@H](C)CN(C(=O)C2=Cc3cc(Br)ccc3OC2)C1. The Labute approximate surface area is 134 Å². The van der Waals surface area contributed by atoms with E-state index in [0.717, 1.165) is 34.4 Å². The van der Waals surface area contributed by atoms with Crippen molar-refractivity contribution in [3.8, 4) is 5.75 Å². The second-order valence-corrected chi connectivity index (χ2v) is 7.21. The molecular weight excluding hydrogens is 330 g/mol. The van der Waals surface area contributed by atoms with Gasteiger partial charge in [0.2, 0.25) is 0 Å². The van der Waals surface area contributed by atoms with E-state index in [9.17, 15) is 4.79 Å². The zero-order valence-corrected chi connectivity index (χ0v) is 14.0. The number of carbonyl (C=O) groups excluding carboxylic acids is 1. The Hall–Kier alpha value is -1.29. The first-order valence-corrected chi connectivity index (χ1v) is 8.24. The zero-order chi connectivity index (χ0) is 15.0. The Morgan fingerprint density at radius 2 is 2.00 bits per heavy atom. The van der Waals surface area contributed by atoms with E-state index in [1.165, 1.54) is 6.42 Å². The van der Waals surface area contributed by atoms with Gasteiger partial charge in [-0.1, -0.05) is 29.8 Å². The fourth-order valence-corrected chi connectivity index (χ4v) is 3.68. The molecule has 21 heavy (non-hydrogen) atoms. The second-order valence-electron chi connectivity index (χ2n) is 6.30. The lowest BCUT2D eigenvalue weighted by molar-refractivity contribution is -0.130. The molecule has 112 valence electrons. The van der Waals surface area contributed by atoms with Crippen molar-refractivity contribution in [1.29, 1.82) is 0 Å². The van der Waals surface area contributed by atoms with Crippen LogP contribution in [0.3, 0.4) is 0 Å².